The quantitative estimate of drug-likeness (QED) is 0.542. The number of thioether (sulfide) groups is 1. The number of piperazine rings is 1. The summed E-state index contributed by atoms with van der Waals surface area (Å²) in [6, 6.07) is 5.63. The van der Waals surface area contributed by atoms with Crippen molar-refractivity contribution in [2.75, 3.05) is 31.9 Å². The SMILES string of the molecule is CCn1c(SCC(=O)N2CCN(Cc3cc(C)no3)CC2)nnc1-c1ccco1. The van der Waals surface area contributed by atoms with E-state index in [4.69, 9.17) is 8.94 Å². The van der Waals surface area contributed by atoms with Crippen LogP contribution in [0.15, 0.2) is 38.6 Å². The van der Waals surface area contributed by atoms with E-state index < -0.39 is 0 Å². The lowest BCUT2D eigenvalue weighted by atomic mass is 10.3. The van der Waals surface area contributed by atoms with Crippen LogP contribution in [0.4, 0.5) is 0 Å². The third-order valence-electron chi connectivity index (χ3n) is 4.88. The van der Waals surface area contributed by atoms with Crippen molar-refractivity contribution in [3.8, 4) is 11.6 Å². The predicted molar refractivity (Wildman–Crippen MR) is 107 cm³/mol. The monoisotopic (exact) mass is 416 g/mol. The third kappa shape index (κ3) is 4.54. The van der Waals surface area contributed by atoms with Gasteiger partial charge in [0, 0.05) is 38.8 Å². The molecule has 1 saturated heterocycles. The van der Waals surface area contributed by atoms with E-state index in [1.807, 2.05) is 41.5 Å². The Balaban J connectivity index is 1.28. The van der Waals surface area contributed by atoms with Crippen molar-refractivity contribution in [2.45, 2.75) is 32.1 Å². The van der Waals surface area contributed by atoms with Crippen LogP contribution in [0.2, 0.25) is 0 Å². The highest BCUT2D eigenvalue weighted by atomic mass is 32.2. The summed E-state index contributed by atoms with van der Waals surface area (Å²) in [7, 11) is 0. The van der Waals surface area contributed by atoms with E-state index >= 15 is 0 Å². The maximum absolute atomic E-state index is 12.7. The van der Waals surface area contributed by atoms with Gasteiger partial charge < -0.3 is 13.8 Å². The van der Waals surface area contributed by atoms with Gasteiger partial charge in [-0.2, -0.15) is 0 Å². The number of amides is 1. The lowest BCUT2D eigenvalue weighted by molar-refractivity contribution is -0.130. The lowest BCUT2D eigenvalue weighted by Gasteiger charge is -2.34. The average Bonchev–Trinajstić information content (AvgIpc) is 3.47. The molecule has 1 fully saturated rings. The van der Waals surface area contributed by atoms with Crippen LogP contribution >= 0.6 is 11.8 Å². The number of hydrogen-bond donors (Lipinski definition) is 0. The fraction of sp³-hybridized carbons (Fsp3) is 0.474. The van der Waals surface area contributed by atoms with Gasteiger partial charge in [-0.05, 0) is 26.0 Å². The Bertz CT molecular complexity index is 943. The second-order valence-corrected chi connectivity index (χ2v) is 7.85. The average molecular weight is 417 g/mol. The summed E-state index contributed by atoms with van der Waals surface area (Å²) in [5, 5.41) is 13.1. The van der Waals surface area contributed by atoms with Crippen LogP contribution in [0.1, 0.15) is 18.4 Å². The van der Waals surface area contributed by atoms with Crippen molar-refractivity contribution < 1.29 is 13.7 Å². The standard InChI is InChI=1S/C19H24N6O3S/c1-3-25-18(16-5-4-10-27-16)20-21-19(25)29-13-17(26)24-8-6-23(7-9-24)12-15-11-14(2)22-28-15/h4-5,10-11H,3,6-9,12-13H2,1-2H3. The van der Waals surface area contributed by atoms with Gasteiger partial charge >= 0.3 is 0 Å². The third-order valence-corrected chi connectivity index (χ3v) is 5.83. The largest absolute Gasteiger partial charge is 0.461 e. The van der Waals surface area contributed by atoms with Crippen molar-refractivity contribution in [3.63, 3.8) is 0 Å². The van der Waals surface area contributed by atoms with E-state index in [9.17, 15) is 4.79 Å². The molecule has 29 heavy (non-hydrogen) atoms. The Morgan fingerprint density at radius 2 is 2.07 bits per heavy atom. The summed E-state index contributed by atoms with van der Waals surface area (Å²) in [6.07, 6.45) is 1.61. The van der Waals surface area contributed by atoms with Crippen LogP contribution in [-0.4, -0.2) is 67.6 Å². The first-order valence-electron chi connectivity index (χ1n) is 9.66. The van der Waals surface area contributed by atoms with Gasteiger partial charge in [0.15, 0.2) is 22.5 Å². The molecule has 3 aromatic rings. The van der Waals surface area contributed by atoms with Crippen molar-refractivity contribution >= 4 is 17.7 Å². The molecule has 10 heteroatoms. The van der Waals surface area contributed by atoms with Gasteiger partial charge in [0.2, 0.25) is 5.91 Å². The Hall–Kier alpha value is -2.59. The summed E-state index contributed by atoms with van der Waals surface area (Å²) in [4.78, 5) is 16.8. The second-order valence-electron chi connectivity index (χ2n) is 6.91. The summed E-state index contributed by atoms with van der Waals surface area (Å²) >= 11 is 1.42. The molecule has 9 nitrogen and oxygen atoms in total. The van der Waals surface area contributed by atoms with E-state index in [1.54, 1.807) is 6.26 Å². The van der Waals surface area contributed by atoms with E-state index in [2.05, 4.69) is 20.3 Å². The van der Waals surface area contributed by atoms with Crippen LogP contribution in [0.3, 0.4) is 0 Å². The summed E-state index contributed by atoms with van der Waals surface area (Å²) in [6.45, 7) is 8.45. The Kier molecular flexibility index (Phi) is 6.00. The first-order valence-corrected chi connectivity index (χ1v) is 10.6. The molecule has 0 saturated carbocycles. The molecule has 1 amide bonds. The van der Waals surface area contributed by atoms with E-state index in [-0.39, 0.29) is 5.91 Å². The first-order chi connectivity index (χ1) is 14.1. The summed E-state index contributed by atoms with van der Waals surface area (Å²) in [5.74, 6) is 2.69. The van der Waals surface area contributed by atoms with Crippen molar-refractivity contribution in [3.05, 3.63) is 35.9 Å². The van der Waals surface area contributed by atoms with Gasteiger partial charge in [0.25, 0.3) is 0 Å². The van der Waals surface area contributed by atoms with Crippen LogP contribution < -0.4 is 0 Å². The molecular weight excluding hydrogens is 392 g/mol. The second kappa shape index (κ2) is 8.83. The molecule has 0 atom stereocenters. The number of nitrogens with zero attached hydrogens (tertiary/aromatic N) is 6. The van der Waals surface area contributed by atoms with E-state index in [0.717, 1.165) is 36.2 Å². The zero-order valence-corrected chi connectivity index (χ0v) is 17.4. The van der Waals surface area contributed by atoms with Gasteiger partial charge in [0.05, 0.1) is 24.3 Å². The molecular formula is C19H24N6O3S. The minimum atomic E-state index is 0.121. The molecule has 0 spiro atoms. The summed E-state index contributed by atoms with van der Waals surface area (Å²) in [5.41, 5.74) is 0.890. The molecule has 0 aliphatic carbocycles. The molecule has 0 N–H and O–H groups in total. The highest BCUT2D eigenvalue weighted by Crippen LogP contribution is 2.24. The van der Waals surface area contributed by atoms with E-state index in [1.165, 1.54) is 11.8 Å². The summed E-state index contributed by atoms with van der Waals surface area (Å²) < 4.78 is 12.7. The van der Waals surface area contributed by atoms with Crippen LogP contribution in [0.25, 0.3) is 11.6 Å². The molecule has 0 radical (unpaired) electrons. The van der Waals surface area contributed by atoms with Gasteiger partial charge in [-0.3, -0.25) is 14.3 Å². The number of aryl methyl sites for hydroxylation is 1. The molecule has 4 rings (SSSR count). The Labute approximate surface area is 173 Å². The zero-order valence-electron chi connectivity index (χ0n) is 16.6. The van der Waals surface area contributed by atoms with Crippen LogP contribution in [0.5, 0.6) is 0 Å². The molecule has 1 aliphatic rings. The molecule has 0 unspecified atom stereocenters. The van der Waals surface area contributed by atoms with Gasteiger partial charge in [-0.25, -0.2) is 0 Å². The maximum atomic E-state index is 12.7. The molecule has 3 aromatic heterocycles. The number of carbonyl (C=O) groups is 1. The minimum absolute atomic E-state index is 0.121. The number of aromatic nitrogens is 4. The van der Waals surface area contributed by atoms with Gasteiger partial charge in [-0.15, -0.1) is 10.2 Å². The Morgan fingerprint density at radius 3 is 2.72 bits per heavy atom. The number of hydrogen-bond acceptors (Lipinski definition) is 8. The number of carbonyl (C=O) groups excluding carboxylic acids is 1. The topological polar surface area (TPSA) is 93.4 Å². The van der Waals surface area contributed by atoms with Gasteiger partial charge in [0.1, 0.15) is 0 Å². The molecule has 154 valence electrons. The van der Waals surface area contributed by atoms with Crippen LogP contribution in [0, 0.1) is 6.92 Å². The fourth-order valence-electron chi connectivity index (χ4n) is 3.35. The minimum Gasteiger partial charge on any atom is -0.461 e. The van der Waals surface area contributed by atoms with E-state index in [0.29, 0.717) is 37.0 Å². The fourth-order valence-corrected chi connectivity index (χ4v) is 4.26. The van der Waals surface area contributed by atoms with Gasteiger partial charge in [-0.1, -0.05) is 16.9 Å². The van der Waals surface area contributed by atoms with Crippen LogP contribution in [-0.2, 0) is 17.9 Å². The lowest BCUT2D eigenvalue weighted by Crippen LogP contribution is -2.48. The van der Waals surface area contributed by atoms with Crippen molar-refractivity contribution in [1.82, 2.24) is 29.7 Å². The Morgan fingerprint density at radius 1 is 1.24 bits per heavy atom. The molecule has 0 bridgehead atoms. The highest BCUT2D eigenvalue weighted by molar-refractivity contribution is 7.99. The molecule has 1 aliphatic heterocycles. The first kappa shape index (κ1) is 19.7. The maximum Gasteiger partial charge on any atom is 0.233 e. The van der Waals surface area contributed by atoms with Crippen molar-refractivity contribution in [2.24, 2.45) is 0 Å². The normalized spacial score (nSPS) is 15.2. The number of rotatable bonds is 7. The zero-order chi connectivity index (χ0) is 20.2. The number of furan rings is 1. The highest BCUT2D eigenvalue weighted by Gasteiger charge is 2.23. The molecule has 4 heterocycles. The van der Waals surface area contributed by atoms with Crippen molar-refractivity contribution in [1.29, 1.82) is 0 Å². The predicted octanol–water partition coefficient (Wildman–Crippen LogP) is 2.29. The smallest absolute Gasteiger partial charge is 0.233 e. The molecule has 0 aromatic carbocycles.